The third kappa shape index (κ3) is 5.83. The van der Waals surface area contributed by atoms with Crippen LogP contribution in [0.15, 0.2) is 29.3 Å². The number of carbonyl (C=O) groups is 1. The van der Waals surface area contributed by atoms with Crippen molar-refractivity contribution in [3.8, 4) is 12.1 Å². The smallest absolute Gasteiger partial charge is 0.229 e. The number of rotatable bonds is 8. The Morgan fingerprint density at radius 3 is 2.58 bits per heavy atom. The molecular formula is C24H32N6O. The molecule has 164 valence electrons. The third-order valence-corrected chi connectivity index (χ3v) is 5.91. The SMILES string of the molecule is CC(C)N(C(=O)CCN1CCN=C1C(C#N)C#N)c1cccc(CN2CCCCC2)c1. The number of benzene rings is 1. The van der Waals surface area contributed by atoms with E-state index < -0.39 is 5.92 Å². The van der Waals surface area contributed by atoms with Crippen molar-refractivity contribution in [2.24, 2.45) is 10.9 Å². The first-order valence-corrected chi connectivity index (χ1v) is 11.3. The van der Waals surface area contributed by atoms with Crippen molar-refractivity contribution in [3.05, 3.63) is 29.8 Å². The number of amides is 1. The molecule has 3 rings (SSSR count). The normalized spacial score (nSPS) is 16.8. The molecule has 1 aromatic rings. The standard InChI is InChI=1S/C24H32N6O/c1-19(2)30(22-8-6-7-20(15-22)18-28-11-4-3-5-12-28)23(31)9-13-29-14-10-27-24(29)21(16-25)17-26/h6-8,15,19,21H,3-5,9-14,18H2,1-2H3. The van der Waals surface area contributed by atoms with Crippen molar-refractivity contribution in [2.75, 3.05) is 37.6 Å². The van der Waals surface area contributed by atoms with Gasteiger partial charge in [0.2, 0.25) is 5.91 Å². The number of hydrogen-bond donors (Lipinski definition) is 0. The molecule has 2 aliphatic heterocycles. The Bertz CT molecular complexity index is 861. The average molecular weight is 421 g/mol. The summed E-state index contributed by atoms with van der Waals surface area (Å²) in [5.41, 5.74) is 2.16. The van der Waals surface area contributed by atoms with Crippen molar-refractivity contribution in [3.63, 3.8) is 0 Å². The number of hydrogen-bond acceptors (Lipinski definition) is 6. The van der Waals surface area contributed by atoms with Gasteiger partial charge in [-0.1, -0.05) is 18.6 Å². The zero-order valence-electron chi connectivity index (χ0n) is 18.6. The summed E-state index contributed by atoms with van der Waals surface area (Å²) in [5.74, 6) is -0.329. The summed E-state index contributed by atoms with van der Waals surface area (Å²) in [6, 6.07) is 12.3. The van der Waals surface area contributed by atoms with Crippen LogP contribution in [0.25, 0.3) is 0 Å². The minimum absolute atomic E-state index is 0.0374. The van der Waals surface area contributed by atoms with Crippen LogP contribution in [0, 0.1) is 28.6 Å². The van der Waals surface area contributed by atoms with Crippen molar-refractivity contribution in [2.45, 2.75) is 52.1 Å². The number of amidine groups is 1. The van der Waals surface area contributed by atoms with E-state index >= 15 is 0 Å². The second-order valence-corrected chi connectivity index (χ2v) is 8.53. The Hall–Kier alpha value is -2.90. The van der Waals surface area contributed by atoms with E-state index in [0.717, 1.165) is 25.3 Å². The zero-order chi connectivity index (χ0) is 22.2. The molecule has 7 nitrogen and oxygen atoms in total. The molecule has 0 radical (unpaired) electrons. The number of likely N-dealkylation sites (tertiary alicyclic amines) is 1. The summed E-state index contributed by atoms with van der Waals surface area (Å²) in [6.45, 7) is 8.94. The quantitative estimate of drug-likeness (QED) is 0.645. The van der Waals surface area contributed by atoms with Crippen molar-refractivity contribution < 1.29 is 4.79 Å². The number of anilines is 1. The molecule has 2 aliphatic rings. The first-order valence-electron chi connectivity index (χ1n) is 11.3. The molecule has 1 amide bonds. The summed E-state index contributed by atoms with van der Waals surface area (Å²) in [5, 5.41) is 18.4. The number of nitriles is 2. The Morgan fingerprint density at radius 1 is 1.16 bits per heavy atom. The molecule has 0 saturated carbocycles. The van der Waals surface area contributed by atoms with E-state index in [2.05, 4.69) is 22.0 Å². The van der Waals surface area contributed by atoms with Gasteiger partial charge in [-0.05, 0) is 57.5 Å². The fraction of sp³-hybridized carbons (Fsp3) is 0.583. The lowest BCUT2D eigenvalue weighted by Gasteiger charge is -2.30. The topological polar surface area (TPSA) is 86.7 Å². The lowest BCUT2D eigenvalue weighted by atomic mass is 10.1. The molecule has 0 aromatic heterocycles. The first kappa shape index (κ1) is 22.8. The van der Waals surface area contributed by atoms with Gasteiger partial charge in [-0.25, -0.2) is 0 Å². The molecule has 0 aliphatic carbocycles. The molecule has 1 aromatic carbocycles. The maximum absolute atomic E-state index is 13.2. The molecule has 0 N–H and O–H groups in total. The largest absolute Gasteiger partial charge is 0.356 e. The highest BCUT2D eigenvalue weighted by molar-refractivity contribution is 5.95. The lowest BCUT2D eigenvalue weighted by Crippen LogP contribution is -2.40. The van der Waals surface area contributed by atoms with E-state index in [0.29, 0.717) is 31.9 Å². The molecule has 7 heteroatoms. The molecule has 1 saturated heterocycles. The minimum Gasteiger partial charge on any atom is -0.356 e. The van der Waals surface area contributed by atoms with Gasteiger partial charge in [-0.2, -0.15) is 10.5 Å². The number of aliphatic imine (C=N–C) groups is 1. The van der Waals surface area contributed by atoms with E-state index in [1.54, 1.807) is 0 Å². The molecule has 0 bridgehead atoms. The summed E-state index contributed by atoms with van der Waals surface area (Å²) in [6.07, 6.45) is 4.16. The highest BCUT2D eigenvalue weighted by Gasteiger charge is 2.27. The van der Waals surface area contributed by atoms with E-state index in [4.69, 9.17) is 0 Å². The summed E-state index contributed by atoms with van der Waals surface area (Å²) in [7, 11) is 0. The van der Waals surface area contributed by atoms with Gasteiger partial charge >= 0.3 is 0 Å². The van der Waals surface area contributed by atoms with Gasteiger partial charge in [0.25, 0.3) is 0 Å². The van der Waals surface area contributed by atoms with Crippen LogP contribution in [0.4, 0.5) is 5.69 Å². The van der Waals surface area contributed by atoms with Crippen molar-refractivity contribution >= 4 is 17.4 Å². The van der Waals surface area contributed by atoms with Gasteiger partial charge in [0.1, 0.15) is 5.84 Å². The lowest BCUT2D eigenvalue weighted by molar-refractivity contribution is -0.119. The Labute approximate surface area is 185 Å². The Balaban J connectivity index is 1.66. The molecular weight excluding hydrogens is 388 g/mol. The van der Waals surface area contributed by atoms with Gasteiger partial charge in [0.05, 0.1) is 18.7 Å². The van der Waals surface area contributed by atoms with Crippen LogP contribution in [0.5, 0.6) is 0 Å². The monoisotopic (exact) mass is 420 g/mol. The van der Waals surface area contributed by atoms with E-state index in [1.807, 2.05) is 47.9 Å². The Morgan fingerprint density at radius 2 is 1.90 bits per heavy atom. The predicted octanol–water partition coefficient (Wildman–Crippen LogP) is 3.18. The molecule has 1 fully saturated rings. The van der Waals surface area contributed by atoms with Gasteiger partial charge in [0.15, 0.2) is 5.92 Å². The fourth-order valence-electron chi connectivity index (χ4n) is 4.41. The zero-order valence-corrected chi connectivity index (χ0v) is 18.6. The number of piperidine rings is 1. The Kier molecular flexibility index (Phi) is 8.03. The second-order valence-electron chi connectivity index (χ2n) is 8.53. The molecule has 31 heavy (non-hydrogen) atoms. The molecule has 2 heterocycles. The fourth-order valence-corrected chi connectivity index (χ4v) is 4.41. The molecule has 0 atom stereocenters. The maximum Gasteiger partial charge on any atom is 0.229 e. The van der Waals surface area contributed by atoms with Crippen LogP contribution >= 0.6 is 0 Å². The average Bonchev–Trinajstić information content (AvgIpc) is 3.22. The summed E-state index contributed by atoms with van der Waals surface area (Å²) >= 11 is 0. The van der Waals surface area contributed by atoms with Gasteiger partial charge in [0, 0.05) is 37.8 Å². The maximum atomic E-state index is 13.2. The molecule has 0 spiro atoms. The molecule has 0 unspecified atom stereocenters. The van der Waals surface area contributed by atoms with E-state index in [9.17, 15) is 15.3 Å². The van der Waals surface area contributed by atoms with E-state index in [-0.39, 0.29) is 11.9 Å². The second kappa shape index (κ2) is 10.9. The van der Waals surface area contributed by atoms with Crippen molar-refractivity contribution in [1.29, 1.82) is 10.5 Å². The van der Waals surface area contributed by atoms with Gasteiger partial charge < -0.3 is 9.80 Å². The summed E-state index contributed by atoms with van der Waals surface area (Å²) < 4.78 is 0. The van der Waals surface area contributed by atoms with Gasteiger partial charge in [-0.3, -0.25) is 14.7 Å². The van der Waals surface area contributed by atoms with Crippen LogP contribution in [0.3, 0.4) is 0 Å². The van der Waals surface area contributed by atoms with Gasteiger partial charge in [-0.15, -0.1) is 0 Å². The first-order chi connectivity index (χ1) is 15.0. The van der Waals surface area contributed by atoms with Crippen LogP contribution in [0.1, 0.15) is 45.1 Å². The highest BCUT2D eigenvalue weighted by Crippen LogP contribution is 2.22. The van der Waals surface area contributed by atoms with E-state index in [1.165, 1.54) is 24.8 Å². The number of nitrogens with zero attached hydrogens (tertiary/aromatic N) is 6. The third-order valence-electron chi connectivity index (χ3n) is 5.91. The van der Waals surface area contributed by atoms with Crippen molar-refractivity contribution in [1.82, 2.24) is 9.80 Å². The van der Waals surface area contributed by atoms with Crippen LogP contribution in [-0.4, -0.2) is 60.3 Å². The van der Waals surface area contributed by atoms with Crippen LogP contribution in [0.2, 0.25) is 0 Å². The highest BCUT2D eigenvalue weighted by atomic mass is 16.2. The minimum atomic E-state index is -0.870. The predicted molar refractivity (Wildman–Crippen MR) is 121 cm³/mol. The number of carbonyl (C=O) groups excluding carboxylic acids is 1. The summed E-state index contributed by atoms with van der Waals surface area (Å²) in [4.78, 5) is 23.7. The van der Waals surface area contributed by atoms with Crippen LogP contribution < -0.4 is 4.90 Å². The van der Waals surface area contributed by atoms with Crippen LogP contribution in [-0.2, 0) is 11.3 Å².